The Bertz CT molecular complexity index is 692. The number of allylic oxidation sites excluding steroid dienone is 2. The lowest BCUT2D eigenvalue weighted by Crippen LogP contribution is -2.11. The summed E-state index contributed by atoms with van der Waals surface area (Å²) in [6, 6.07) is 12.4. The molecule has 2 aromatic carbocycles. The van der Waals surface area contributed by atoms with Gasteiger partial charge in [0.1, 0.15) is 0 Å². The summed E-state index contributed by atoms with van der Waals surface area (Å²) >= 11 is 0. The van der Waals surface area contributed by atoms with Crippen LogP contribution in [-0.4, -0.2) is 0 Å². The third-order valence-corrected chi connectivity index (χ3v) is 5.05. The largest absolute Gasteiger partial charge is 0.204 e. The maximum Gasteiger partial charge on any atom is 0.159 e. The normalized spacial score (nSPS) is 21.3. The van der Waals surface area contributed by atoms with Crippen LogP contribution in [0.1, 0.15) is 50.5 Å². The Morgan fingerprint density at radius 1 is 0.875 bits per heavy atom. The molecule has 24 heavy (non-hydrogen) atoms. The molecule has 1 saturated carbocycles. The van der Waals surface area contributed by atoms with E-state index in [4.69, 9.17) is 0 Å². The molecule has 0 atom stereocenters. The highest BCUT2D eigenvalue weighted by Gasteiger charge is 2.20. The molecule has 3 rings (SSSR count). The quantitative estimate of drug-likeness (QED) is 0.538. The van der Waals surface area contributed by atoms with E-state index in [1.165, 1.54) is 43.4 Å². The zero-order valence-electron chi connectivity index (χ0n) is 14.1. The van der Waals surface area contributed by atoms with Crippen molar-refractivity contribution in [1.82, 2.24) is 0 Å². The van der Waals surface area contributed by atoms with Crippen molar-refractivity contribution in [3.8, 4) is 11.1 Å². The van der Waals surface area contributed by atoms with Gasteiger partial charge < -0.3 is 0 Å². The molecule has 0 saturated heterocycles. The molecule has 0 aromatic heterocycles. The van der Waals surface area contributed by atoms with Crippen molar-refractivity contribution >= 4 is 0 Å². The van der Waals surface area contributed by atoms with Gasteiger partial charge in [0.05, 0.1) is 0 Å². The Labute approximate surface area is 143 Å². The predicted octanol–water partition coefficient (Wildman–Crippen LogP) is 6.87. The van der Waals surface area contributed by atoms with Crippen LogP contribution in [0.5, 0.6) is 0 Å². The molecule has 126 valence electrons. The SMILES string of the molecule is CC/C=C/[C@H]1CC[C@H](c2ccc(-c3ccc(F)c(F)c3)cc2)CC1. The minimum absolute atomic E-state index is 0.621. The van der Waals surface area contributed by atoms with E-state index in [1.54, 1.807) is 6.07 Å². The highest BCUT2D eigenvalue weighted by atomic mass is 19.2. The molecule has 1 aliphatic carbocycles. The van der Waals surface area contributed by atoms with Crippen LogP contribution < -0.4 is 0 Å². The van der Waals surface area contributed by atoms with Gasteiger partial charge in [-0.1, -0.05) is 49.4 Å². The van der Waals surface area contributed by atoms with E-state index >= 15 is 0 Å². The minimum Gasteiger partial charge on any atom is -0.204 e. The molecule has 2 heteroatoms. The summed E-state index contributed by atoms with van der Waals surface area (Å²) < 4.78 is 26.4. The summed E-state index contributed by atoms with van der Waals surface area (Å²) in [5, 5.41) is 0. The fraction of sp³-hybridized carbons (Fsp3) is 0.364. The number of hydrogen-bond acceptors (Lipinski definition) is 0. The molecule has 0 bridgehead atoms. The average Bonchev–Trinajstić information content (AvgIpc) is 2.63. The summed E-state index contributed by atoms with van der Waals surface area (Å²) in [7, 11) is 0. The smallest absolute Gasteiger partial charge is 0.159 e. The van der Waals surface area contributed by atoms with Crippen LogP contribution >= 0.6 is 0 Å². The summed E-state index contributed by atoms with van der Waals surface area (Å²) in [5.74, 6) is -0.239. The monoisotopic (exact) mass is 326 g/mol. The third-order valence-electron chi connectivity index (χ3n) is 5.05. The van der Waals surface area contributed by atoms with Gasteiger partial charge in [0.2, 0.25) is 0 Å². The first-order valence-electron chi connectivity index (χ1n) is 8.89. The zero-order valence-corrected chi connectivity index (χ0v) is 14.1. The number of hydrogen-bond donors (Lipinski definition) is 0. The van der Waals surface area contributed by atoms with Crippen LogP contribution in [0.25, 0.3) is 11.1 Å². The summed E-state index contributed by atoms with van der Waals surface area (Å²) in [5.41, 5.74) is 3.00. The average molecular weight is 326 g/mol. The van der Waals surface area contributed by atoms with Crippen molar-refractivity contribution in [2.75, 3.05) is 0 Å². The highest BCUT2D eigenvalue weighted by molar-refractivity contribution is 5.63. The van der Waals surface area contributed by atoms with E-state index in [2.05, 4.69) is 31.2 Å². The third kappa shape index (κ3) is 3.92. The lowest BCUT2D eigenvalue weighted by atomic mass is 9.78. The van der Waals surface area contributed by atoms with E-state index in [0.717, 1.165) is 17.9 Å². The fourth-order valence-corrected chi connectivity index (χ4v) is 3.60. The zero-order chi connectivity index (χ0) is 16.9. The van der Waals surface area contributed by atoms with Crippen LogP contribution in [0.3, 0.4) is 0 Å². The predicted molar refractivity (Wildman–Crippen MR) is 95.9 cm³/mol. The van der Waals surface area contributed by atoms with Crippen LogP contribution in [-0.2, 0) is 0 Å². The van der Waals surface area contributed by atoms with Crippen molar-refractivity contribution in [1.29, 1.82) is 0 Å². The van der Waals surface area contributed by atoms with Gasteiger partial charge in [-0.15, -0.1) is 0 Å². The van der Waals surface area contributed by atoms with Gasteiger partial charge in [0, 0.05) is 0 Å². The Hall–Kier alpha value is -1.96. The topological polar surface area (TPSA) is 0 Å². The Morgan fingerprint density at radius 2 is 1.54 bits per heavy atom. The van der Waals surface area contributed by atoms with E-state index in [-0.39, 0.29) is 0 Å². The second kappa shape index (κ2) is 7.74. The molecular weight excluding hydrogens is 302 g/mol. The molecule has 0 aliphatic heterocycles. The van der Waals surface area contributed by atoms with Crippen molar-refractivity contribution in [2.24, 2.45) is 5.92 Å². The van der Waals surface area contributed by atoms with E-state index < -0.39 is 11.6 Å². The number of halogens is 2. The molecule has 0 N–H and O–H groups in total. The molecule has 0 radical (unpaired) electrons. The summed E-state index contributed by atoms with van der Waals surface area (Å²) in [6.07, 6.45) is 10.7. The van der Waals surface area contributed by atoms with Crippen molar-refractivity contribution in [3.63, 3.8) is 0 Å². The van der Waals surface area contributed by atoms with Gasteiger partial charge in [-0.05, 0) is 72.8 Å². The Balaban J connectivity index is 1.67. The van der Waals surface area contributed by atoms with Crippen LogP contribution in [0, 0.1) is 17.6 Å². The maximum atomic E-state index is 13.4. The first-order valence-corrected chi connectivity index (χ1v) is 8.89. The Morgan fingerprint density at radius 3 is 2.17 bits per heavy atom. The fourth-order valence-electron chi connectivity index (χ4n) is 3.60. The van der Waals surface area contributed by atoms with Crippen LogP contribution in [0.4, 0.5) is 8.78 Å². The molecule has 2 aromatic rings. The maximum absolute atomic E-state index is 13.4. The lowest BCUT2D eigenvalue weighted by Gasteiger charge is -2.27. The Kier molecular flexibility index (Phi) is 5.44. The molecule has 0 amide bonds. The molecule has 0 nitrogen and oxygen atoms in total. The van der Waals surface area contributed by atoms with Gasteiger partial charge in [-0.25, -0.2) is 8.78 Å². The van der Waals surface area contributed by atoms with E-state index in [9.17, 15) is 8.78 Å². The second-order valence-electron chi connectivity index (χ2n) is 6.70. The van der Waals surface area contributed by atoms with Crippen LogP contribution in [0.15, 0.2) is 54.6 Å². The van der Waals surface area contributed by atoms with Gasteiger partial charge in [-0.3, -0.25) is 0 Å². The van der Waals surface area contributed by atoms with Crippen molar-refractivity contribution in [2.45, 2.75) is 44.9 Å². The highest BCUT2D eigenvalue weighted by Crippen LogP contribution is 2.37. The molecular formula is C22H24F2. The molecule has 1 aliphatic rings. The lowest BCUT2D eigenvalue weighted by molar-refractivity contribution is 0.375. The summed E-state index contributed by atoms with van der Waals surface area (Å²) in [4.78, 5) is 0. The van der Waals surface area contributed by atoms with E-state index in [1.807, 2.05) is 12.1 Å². The molecule has 0 heterocycles. The standard InChI is InChI=1S/C22H24F2/c1-2-3-4-16-5-7-17(8-6-16)18-9-11-19(12-10-18)20-13-14-21(23)22(24)15-20/h3-4,9-17H,2,5-8H2,1H3/b4-3+/t16-,17-. The van der Waals surface area contributed by atoms with Gasteiger partial charge >= 0.3 is 0 Å². The summed E-state index contributed by atoms with van der Waals surface area (Å²) in [6.45, 7) is 2.18. The van der Waals surface area contributed by atoms with Gasteiger partial charge in [0.25, 0.3) is 0 Å². The second-order valence-corrected chi connectivity index (χ2v) is 6.70. The van der Waals surface area contributed by atoms with Crippen molar-refractivity contribution in [3.05, 3.63) is 71.8 Å². The molecule has 0 unspecified atom stereocenters. The first-order chi connectivity index (χ1) is 11.7. The van der Waals surface area contributed by atoms with Crippen LogP contribution in [0.2, 0.25) is 0 Å². The van der Waals surface area contributed by atoms with Gasteiger partial charge in [0.15, 0.2) is 11.6 Å². The first kappa shape index (κ1) is 16.9. The number of benzene rings is 2. The molecule has 1 fully saturated rings. The number of rotatable bonds is 4. The van der Waals surface area contributed by atoms with Crippen molar-refractivity contribution < 1.29 is 8.78 Å². The van der Waals surface area contributed by atoms with Gasteiger partial charge in [-0.2, -0.15) is 0 Å². The van der Waals surface area contributed by atoms with E-state index in [0.29, 0.717) is 11.5 Å². The molecule has 0 spiro atoms. The minimum atomic E-state index is -0.802.